The molecule has 0 spiro atoms. The van der Waals surface area contributed by atoms with Gasteiger partial charge in [-0.2, -0.15) is 0 Å². The van der Waals surface area contributed by atoms with Gasteiger partial charge in [0.15, 0.2) is 0 Å². The zero-order valence-electron chi connectivity index (χ0n) is 9.96. The van der Waals surface area contributed by atoms with Crippen LogP contribution in [0.5, 0.6) is 0 Å². The van der Waals surface area contributed by atoms with E-state index >= 15 is 0 Å². The lowest BCUT2D eigenvalue weighted by molar-refractivity contribution is 1.18. The van der Waals surface area contributed by atoms with Crippen LogP contribution in [0.2, 0.25) is 0 Å². The number of H-pyrrole nitrogens is 1. The van der Waals surface area contributed by atoms with Crippen LogP contribution < -0.4 is 0 Å². The predicted molar refractivity (Wildman–Crippen MR) is 69.8 cm³/mol. The van der Waals surface area contributed by atoms with Crippen LogP contribution in [0.4, 0.5) is 0 Å². The largest absolute Gasteiger partial charge is 0.341 e. The van der Waals surface area contributed by atoms with Crippen molar-refractivity contribution in [1.29, 1.82) is 0 Å². The van der Waals surface area contributed by atoms with Crippen molar-refractivity contribution in [3.05, 3.63) is 54.6 Å². The first-order valence-corrected chi connectivity index (χ1v) is 5.73. The van der Waals surface area contributed by atoms with Gasteiger partial charge in [-0.25, -0.2) is 4.98 Å². The summed E-state index contributed by atoms with van der Waals surface area (Å²) in [7, 11) is 0. The van der Waals surface area contributed by atoms with Gasteiger partial charge in [0.05, 0.1) is 6.20 Å². The molecule has 0 saturated carbocycles. The first-order valence-electron chi connectivity index (χ1n) is 5.73. The minimum absolute atomic E-state index is 0.786. The lowest BCUT2D eigenvalue weighted by Crippen LogP contribution is -1.86. The van der Waals surface area contributed by atoms with E-state index in [0.29, 0.717) is 0 Å². The molecule has 0 atom stereocenters. The van der Waals surface area contributed by atoms with Crippen molar-refractivity contribution in [2.24, 2.45) is 0 Å². The van der Waals surface area contributed by atoms with Gasteiger partial charge in [0.25, 0.3) is 0 Å². The average Bonchev–Trinajstić information content (AvgIpc) is 2.83. The van der Waals surface area contributed by atoms with Gasteiger partial charge < -0.3 is 4.98 Å². The third kappa shape index (κ3) is 1.88. The van der Waals surface area contributed by atoms with E-state index < -0.39 is 0 Å². The Hall–Kier alpha value is -2.49. The Morgan fingerprint density at radius 2 is 1.89 bits per heavy atom. The minimum Gasteiger partial charge on any atom is -0.341 e. The first-order chi connectivity index (χ1) is 8.84. The van der Waals surface area contributed by atoms with Gasteiger partial charge in [-0.1, -0.05) is 30.3 Å². The summed E-state index contributed by atoms with van der Waals surface area (Å²) in [5, 5.41) is 0. The lowest BCUT2D eigenvalue weighted by atomic mass is 10.2. The predicted octanol–water partition coefficient (Wildman–Crippen LogP) is 2.84. The van der Waals surface area contributed by atoms with Crippen molar-refractivity contribution in [1.82, 2.24) is 19.9 Å². The van der Waals surface area contributed by atoms with Crippen LogP contribution in [-0.4, -0.2) is 19.9 Å². The fourth-order valence-electron chi connectivity index (χ4n) is 1.86. The van der Waals surface area contributed by atoms with Crippen LogP contribution in [0.25, 0.3) is 22.8 Å². The van der Waals surface area contributed by atoms with Gasteiger partial charge in [-0.3, -0.25) is 9.97 Å². The van der Waals surface area contributed by atoms with E-state index in [0.717, 1.165) is 28.5 Å². The number of hydrogen-bond acceptors (Lipinski definition) is 3. The molecule has 0 radical (unpaired) electrons. The van der Waals surface area contributed by atoms with Crippen molar-refractivity contribution in [3.63, 3.8) is 0 Å². The number of aryl methyl sites for hydroxylation is 1. The van der Waals surface area contributed by atoms with Gasteiger partial charge in [0.1, 0.15) is 17.2 Å². The summed E-state index contributed by atoms with van der Waals surface area (Å²) in [4.78, 5) is 16.2. The normalized spacial score (nSPS) is 10.5. The number of nitrogens with zero attached hydrogens (tertiary/aromatic N) is 3. The second kappa shape index (κ2) is 4.41. The zero-order chi connectivity index (χ0) is 12.4. The molecule has 3 rings (SSSR count). The summed E-state index contributed by atoms with van der Waals surface area (Å²) in [6.07, 6.45) is 5.05. The number of hydrogen-bond donors (Lipinski definition) is 1. The van der Waals surface area contributed by atoms with Crippen molar-refractivity contribution in [2.45, 2.75) is 6.92 Å². The Bertz CT molecular complexity index is 644. The fraction of sp³-hybridized carbons (Fsp3) is 0.0714. The molecule has 0 saturated heterocycles. The number of aromatic amines is 1. The van der Waals surface area contributed by atoms with Gasteiger partial charge in [-0.15, -0.1) is 0 Å². The molecular weight excluding hydrogens is 224 g/mol. The molecule has 0 aliphatic heterocycles. The maximum atomic E-state index is 4.59. The molecular formula is C14H12N4. The summed E-state index contributed by atoms with van der Waals surface area (Å²) < 4.78 is 0. The summed E-state index contributed by atoms with van der Waals surface area (Å²) in [6.45, 7) is 1.99. The Labute approximate surface area is 105 Å². The van der Waals surface area contributed by atoms with E-state index in [1.165, 1.54) is 0 Å². The van der Waals surface area contributed by atoms with E-state index in [1.54, 1.807) is 18.6 Å². The highest BCUT2D eigenvalue weighted by Gasteiger charge is 2.10. The number of benzene rings is 1. The van der Waals surface area contributed by atoms with Crippen molar-refractivity contribution < 1.29 is 0 Å². The third-order valence-electron chi connectivity index (χ3n) is 2.74. The van der Waals surface area contributed by atoms with E-state index in [-0.39, 0.29) is 0 Å². The molecule has 0 aliphatic carbocycles. The maximum Gasteiger partial charge on any atom is 0.138 e. The van der Waals surface area contributed by atoms with Crippen molar-refractivity contribution in [3.8, 4) is 22.8 Å². The molecule has 4 nitrogen and oxygen atoms in total. The molecule has 2 aromatic heterocycles. The molecule has 0 unspecified atom stereocenters. The molecule has 1 aromatic carbocycles. The highest BCUT2D eigenvalue weighted by Crippen LogP contribution is 2.23. The second-order valence-corrected chi connectivity index (χ2v) is 4.02. The van der Waals surface area contributed by atoms with Gasteiger partial charge in [0.2, 0.25) is 0 Å². The molecule has 0 amide bonds. The van der Waals surface area contributed by atoms with Crippen LogP contribution in [0, 0.1) is 6.92 Å². The topological polar surface area (TPSA) is 54.5 Å². The van der Waals surface area contributed by atoms with E-state index in [4.69, 9.17) is 0 Å². The molecule has 1 N–H and O–H groups in total. The van der Waals surface area contributed by atoms with E-state index in [2.05, 4.69) is 19.9 Å². The zero-order valence-corrected chi connectivity index (χ0v) is 9.96. The standard InChI is InChI=1S/C14H12N4/c1-10-13(12-9-15-7-8-16-12)18-14(17-10)11-5-3-2-4-6-11/h2-9H,1H3,(H,17,18). The molecule has 3 aromatic rings. The van der Waals surface area contributed by atoms with Crippen LogP contribution in [0.15, 0.2) is 48.9 Å². The molecule has 0 fully saturated rings. The molecule has 18 heavy (non-hydrogen) atoms. The van der Waals surface area contributed by atoms with E-state index in [1.807, 2.05) is 37.3 Å². The quantitative estimate of drug-likeness (QED) is 0.744. The van der Waals surface area contributed by atoms with Gasteiger partial charge in [-0.05, 0) is 6.92 Å². The summed E-state index contributed by atoms with van der Waals surface area (Å²) in [5.74, 6) is 0.855. The Balaban J connectivity index is 2.07. The van der Waals surface area contributed by atoms with Gasteiger partial charge in [0, 0.05) is 23.7 Å². The monoisotopic (exact) mass is 236 g/mol. The highest BCUT2D eigenvalue weighted by molar-refractivity contribution is 5.64. The van der Waals surface area contributed by atoms with Crippen molar-refractivity contribution >= 4 is 0 Å². The number of nitrogens with one attached hydrogen (secondary N) is 1. The number of rotatable bonds is 2. The summed E-state index contributed by atoms with van der Waals surface area (Å²) >= 11 is 0. The third-order valence-corrected chi connectivity index (χ3v) is 2.74. The fourth-order valence-corrected chi connectivity index (χ4v) is 1.86. The maximum absolute atomic E-state index is 4.59. The van der Waals surface area contributed by atoms with E-state index in [9.17, 15) is 0 Å². The van der Waals surface area contributed by atoms with Crippen LogP contribution in [0.1, 0.15) is 5.69 Å². The van der Waals surface area contributed by atoms with Crippen LogP contribution in [0.3, 0.4) is 0 Å². The van der Waals surface area contributed by atoms with Crippen molar-refractivity contribution in [2.75, 3.05) is 0 Å². The van der Waals surface area contributed by atoms with Crippen LogP contribution in [-0.2, 0) is 0 Å². The molecule has 88 valence electrons. The SMILES string of the molecule is Cc1[nH]c(-c2ccccc2)nc1-c1cnccn1. The second-order valence-electron chi connectivity index (χ2n) is 4.02. The van der Waals surface area contributed by atoms with Gasteiger partial charge >= 0.3 is 0 Å². The van der Waals surface area contributed by atoms with Crippen LogP contribution >= 0.6 is 0 Å². The smallest absolute Gasteiger partial charge is 0.138 e. The number of imidazole rings is 1. The Kier molecular flexibility index (Phi) is 2.61. The minimum atomic E-state index is 0.786. The number of aromatic nitrogens is 4. The Morgan fingerprint density at radius 3 is 2.61 bits per heavy atom. The average molecular weight is 236 g/mol. The molecule has 4 heteroatoms. The highest BCUT2D eigenvalue weighted by atomic mass is 15.0. The molecule has 0 aliphatic rings. The first kappa shape index (κ1) is 10.7. The Morgan fingerprint density at radius 1 is 1.06 bits per heavy atom. The summed E-state index contributed by atoms with van der Waals surface area (Å²) in [5.41, 5.74) is 3.69. The lowest BCUT2D eigenvalue weighted by Gasteiger charge is -1.95. The molecule has 2 heterocycles. The summed E-state index contributed by atoms with van der Waals surface area (Å²) in [6, 6.07) is 10.0. The molecule has 0 bridgehead atoms.